The van der Waals surface area contributed by atoms with Gasteiger partial charge in [0.25, 0.3) is 0 Å². The fraction of sp³-hybridized carbons (Fsp3) is 0.500. The number of sulfone groups is 1. The Morgan fingerprint density at radius 3 is 2.57 bits per heavy atom. The minimum absolute atomic E-state index is 0.0397. The lowest BCUT2D eigenvalue weighted by molar-refractivity contribution is 0.0697. The van der Waals surface area contributed by atoms with Gasteiger partial charge in [0.15, 0.2) is 9.84 Å². The standard InChI is InChI=1S/C14H18O6S/c1-10-13(6-7-19-10)21(17,18)9-8-20-12-4-2-11(3-5-12)14(15)16/h2-5,10,13H,6-9H2,1H3,(H,15,16). The molecule has 6 nitrogen and oxygen atoms in total. The van der Waals surface area contributed by atoms with E-state index >= 15 is 0 Å². The van der Waals surface area contributed by atoms with E-state index in [1.807, 2.05) is 0 Å². The summed E-state index contributed by atoms with van der Waals surface area (Å²) in [5.74, 6) is -0.642. The summed E-state index contributed by atoms with van der Waals surface area (Å²) in [6.07, 6.45) is 0.251. The molecule has 1 aliphatic rings. The second-order valence-corrected chi connectivity index (χ2v) is 7.29. The predicted octanol–water partition coefficient (Wildman–Crippen LogP) is 1.36. The number of benzene rings is 1. The van der Waals surface area contributed by atoms with Crippen LogP contribution in [-0.2, 0) is 14.6 Å². The molecular formula is C14H18O6S. The molecule has 0 radical (unpaired) electrons. The number of aromatic carboxylic acids is 1. The first-order valence-electron chi connectivity index (χ1n) is 6.69. The van der Waals surface area contributed by atoms with Crippen LogP contribution in [0.15, 0.2) is 24.3 Å². The van der Waals surface area contributed by atoms with Gasteiger partial charge in [0.2, 0.25) is 0 Å². The number of carboxylic acid groups (broad SMARTS) is 1. The molecule has 2 rings (SSSR count). The maximum absolute atomic E-state index is 12.1. The van der Waals surface area contributed by atoms with E-state index in [0.717, 1.165) is 0 Å². The van der Waals surface area contributed by atoms with E-state index < -0.39 is 21.1 Å². The quantitative estimate of drug-likeness (QED) is 0.852. The lowest BCUT2D eigenvalue weighted by atomic mass is 10.2. The fourth-order valence-corrected chi connectivity index (χ4v) is 4.04. The Hall–Kier alpha value is -1.60. The molecule has 0 bridgehead atoms. The van der Waals surface area contributed by atoms with Crippen LogP contribution in [0, 0.1) is 0 Å². The highest BCUT2D eigenvalue weighted by molar-refractivity contribution is 7.92. The third-order valence-electron chi connectivity index (χ3n) is 3.51. The summed E-state index contributed by atoms with van der Waals surface area (Å²) < 4.78 is 34.9. The molecule has 1 saturated heterocycles. The molecule has 0 aromatic heterocycles. The smallest absolute Gasteiger partial charge is 0.335 e. The maximum atomic E-state index is 12.1. The Balaban J connectivity index is 1.87. The van der Waals surface area contributed by atoms with E-state index in [1.165, 1.54) is 24.3 Å². The van der Waals surface area contributed by atoms with Crippen molar-refractivity contribution in [1.82, 2.24) is 0 Å². The highest BCUT2D eigenvalue weighted by Gasteiger charge is 2.35. The van der Waals surface area contributed by atoms with Crippen molar-refractivity contribution < 1.29 is 27.8 Å². The van der Waals surface area contributed by atoms with Gasteiger partial charge in [0, 0.05) is 6.61 Å². The van der Waals surface area contributed by atoms with Crippen LogP contribution in [0.2, 0.25) is 0 Å². The van der Waals surface area contributed by atoms with Crippen molar-refractivity contribution in [3.63, 3.8) is 0 Å². The van der Waals surface area contributed by atoms with E-state index in [2.05, 4.69) is 0 Å². The molecule has 1 aromatic rings. The molecule has 0 aliphatic carbocycles. The molecule has 7 heteroatoms. The average molecular weight is 314 g/mol. The van der Waals surface area contributed by atoms with Crippen LogP contribution in [0.4, 0.5) is 0 Å². The molecule has 0 amide bonds. The first-order chi connectivity index (χ1) is 9.90. The van der Waals surface area contributed by atoms with Gasteiger partial charge >= 0.3 is 5.97 Å². The molecule has 1 aromatic carbocycles. The Kier molecular flexibility index (Phi) is 4.84. The number of carboxylic acids is 1. The van der Waals surface area contributed by atoms with Crippen molar-refractivity contribution in [3.05, 3.63) is 29.8 Å². The molecule has 21 heavy (non-hydrogen) atoms. The largest absolute Gasteiger partial charge is 0.493 e. The monoisotopic (exact) mass is 314 g/mol. The highest BCUT2D eigenvalue weighted by Crippen LogP contribution is 2.21. The summed E-state index contributed by atoms with van der Waals surface area (Å²) in [4.78, 5) is 10.7. The SMILES string of the molecule is CC1OCCC1S(=O)(=O)CCOc1ccc(C(=O)O)cc1. The lowest BCUT2D eigenvalue weighted by Gasteiger charge is -2.15. The summed E-state index contributed by atoms with van der Waals surface area (Å²) >= 11 is 0. The van der Waals surface area contributed by atoms with Crippen LogP contribution in [-0.4, -0.2) is 49.8 Å². The van der Waals surface area contributed by atoms with Gasteiger partial charge in [-0.1, -0.05) is 0 Å². The van der Waals surface area contributed by atoms with Crippen molar-refractivity contribution in [2.75, 3.05) is 19.0 Å². The first-order valence-corrected chi connectivity index (χ1v) is 8.41. The van der Waals surface area contributed by atoms with Crippen LogP contribution in [0.25, 0.3) is 0 Å². The van der Waals surface area contributed by atoms with Gasteiger partial charge in [-0.3, -0.25) is 0 Å². The van der Waals surface area contributed by atoms with Crippen LogP contribution < -0.4 is 4.74 Å². The molecule has 0 saturated carbocycles. The number of carbonyl (C=O) groups is 1. The molecule has 116 valence electrons. The third kappa shape index (κ3) is 3.95. The zero-order chi connectivity index (χ0) is 15.5. The lowest BCUT2D eigenvalue weighted by Crippen LogP contribution is -2.32. The number of ether oxygens (including phenoxy) is 2. The molecular weight excluding hydrogens is 296 g/mol. The van der Waals surface area contributed by atoms with E-state index in [0.29, 0.717) is 18.8 Å². The summed E-state index contributed by atoms with van der Waals surface area (Å²) in [6.45, 7) is 2.28. The first kappa shape index (κ1) is 15.8. The maximum Gasteiger partial charge on any atom is 0.335 e. The molecule has 2 atom stereocenters. The number of rotatable bonds is 6. The molecule has 2 unspecified atom stereocenters. The van der Waals surface area contributed by atoms with Crippen molar-refractivity contribution >= 4 is 15.8 Å². The highest BCUT2D eigenvalue weighted by atomic mass is 32.2. The molecule has 0 spiro atoms. The van der Waals surface area contributed by atoms with Crippen LogP contribution >= 0.6 is 0 Å². The van der Waals surface area contributed by atoms with E-state index in [-0.39, 0.29) is 24.0 Å². The summed E-state index contributed by atoms with van der Waals surface area (Å²) in [5.41, 5.74) is 0.159. The molecule has 1 heterocycles. The summed E-state index contributed by atoms with van der Waals surface area (Å²) in [7, 11) is -3.25. The Bertz CT molecular complexity index is 592. The zero-order valence-electron chi connectivity index (χ0n) is 11.7. The summed E-state index contributed by atoms with van der Waals surface area (Å²) in [5, 5.41) is 8.31. The molecule has 1 fully saturated rings. The second-order valence-electron chi connectivity index (χ2n) is 4.95. The van der Waals surface area contributed by atoms with Crippen LogP contribution in [0.1, 0.15) is 23.7 Å². The molecule has 1 N–H and O–H groups in total. The normalized spacial score (nSPS) is 22.1. The van der Waals surface area contributed by atoms with Gasteiger partial charge < -0.3 is 14.6 Å². The Morgan fingerprint density at radius 2 is 2.05 bits per heavy atom. The Morgan fingerprint density at radius 1 is 1.38 bits per heavy atom. The topological polar surface area (TPSA) is 89.9 Å². The second kappa shape index (κ2) is 6.44. The van der Waals surface area contributed by atoms with Gasteiger partial charge in [0.1, 0.15) is 12.4 Å². The third-order valence-corrected chi connectivity index (χ3v) is 5.78. The van der Waals surface area contributed by atoms with E-state index in [1.54, 1.807) is 6.92 Å². The van der Waals surface area contributed by atoms with Gasteiger partial charge in [-0.15, -0.1) is 0 Å². The van der Waals surface area contributed by atoms with Crippen molar-refractivity contribution in [1.29, 1.82) is 0 Å². The zero-order valence-corrected chi connectivity index (χ0v) is 12.5. The summed E-state index contributed by atoms with van der Waals surface area (Å²) in [6, 6.07) is 5.85. The number of hydrogen-bond acceptors (Lipinski definition) is 5. The van der Waals surface area contributed by atoms with Crippen molar-refractivity contribution in [3.8, 4) is 5.75 Å². The van der Waals surface area contributed by atoms with Gasteiger partial charge in [0.05, 0.1) is 22.7 Å². The van der Waals surface area contributed by atoms with Gasteiger partial charge in [-0.25, -0.2) is 13.2 Å². The number of hydrogen-bond donors (Lipinski definition) is 1. The molecule has 1 aliphatic heterocycles. The fourth-order valence-electron chi connectivity index (χ4n) is 2.30. The minimum Gasteiger partial charge on any atom is -0.493 e. The van der Waals surface area contributed by atoms with Gasteiger partial charge in [-0.05, 0) is 37.6 Å². The van der Waals surface area contributed by atoms with E-state index in [4.69, 9.17) is 14.6 Å². The average Bonchev–Trinajstić information content (AvgIpc) is 2.86. The van der Waals surface area contributed by atoms with Crippen molar-refractivity contribution in [2.24, 2.45) is 0 Å². The minimum atomic E-state index is -3.25. The van der Waals surface area contributed by atoms with Crippen LogP contribution in [0.3, 0.4) is 0 Å². The Labute approximate surface area is 123 Å². The van der Waals surface area contributed by atoms with Crippen molar-refractivity contribution in [2.45, 2.75) is 24.7 Å². The van der Waals surface area contributed by atoms with E-state index in [9.17, 15) is 13.2 Å². The predicted molar refractivity (Wildman–Crippen MR) is 76.5 cm³/mol. The van der Waals surface area contributed by atoms with Gasteiger partial charge in [-0.2, -0.15) is 0 Å². The van der Waals surface area contributed by atoms with Crippen LogP contribution in [0.5, 0.6) is 5.75 Å².